The fourth-order valence-corrected chi connectivity index (χ4v) is 3.01. The minimum Gasteiger partial charge on any atom is -0.494 e. The van der Waals surface area contributed by atoms with Crippen LogP contribution >= 0.6 is 0 Å². The SMILES string of the molecule is CCOc1ccc(C(=O)Nc2ccc(C)c(C)c2)cc1COCc1ccccc1. The van der Waals surface area contributed by atoms with Gasteiger partial charge >= 0.3 is 0 Å². The molecule has 0 aliphatic carbocycles. The van der Waals surface area contributed by atoms with Gasteiger partial charge in [-0.25, -0.2) is 0 Å². The summed E-state index contributed by atoms with van der Waals surface area (Å²) in [6, 6.07) is 21.4. The molecule has 0 saturated carbocycles. The van der Waals surface area contributed by atoms with Crippen LogP contribution in [0, 0.1) is 13.8 Å². The zero-order valence-corrected chi connectivity index (χ0v) is 17.2. The van der Waals surface area contributed by atoms with Crippen molar-refractivity contribution < 1.29 is 14.3 Å². The van der Waals surface area contributed by atoms with Gasteiger partial charge in [-0.2, -0.15) is 0 Å². The first-order valence-electron chi connectivity index (χ1n) is 9.83. The van der Waals surface area contributed by atoms with Crippen LogP contribution in [0.2, 0.25) is 0 Å². The van der Waals surface area contributed by atoms with Gasteiger partial charge in [-0.3, -0.25) is 4.79 Å². The lowest BCUT2D eigenvalue weighted by atomic mass is 10.1. The van der Waals surface area contributed by atoms with E-state index < -0.39 is 0 Å². The Hall–Kier alpha value is -3.11. The normalized spacial score (nSPS) is 10.6. The predicted octanol–water partition coefficient (Wildman–Crippen LogP) is 5.67. The Bertz CT molecular complexity index is 967. The second-order valence-electron chi connectivity index (χ2n) is 6.99. The molecule has 1 N–H and O–H groups in total. The zero-order chi connectivity index (χ0) is 20.6. The van der Waals surface area contributed by atoms with Gasteiger partial charge in [-0.15, -0.1) is 0 Å². The second-order valence-corrected chi connectivity index (χ2v) is 6.99. The van der Waals surface area contributed by atoms with Crippen LogP contribution in [-0.2, 0) is 18.0 Å². The molecule has 4 nitrogen and oxygen atoms in total. The lowest BCUT2D eigenvalue weighted by Gasteiger charge is -2.13. The van der Waals surface area contributed by atoms with Crippen LogP contribution in [0.1, 0.15) is 39.5 Å². The average molecular weight is 389 g/mol. The highest BCUT2D eigenvalue weighted by atomic mass is 16.5. The number of carbonyl (C=O) groups is 1. The number of ether oxygens (including phenoxy) is 2. The maximum Gasteiger partial charge on any atom is 0.255 e. The molecule has 0 aliphatic rings. The van der Waals surface area contributed by atoms with E-state index in [1.165, 1.54) is 5.56 Å². The third-order valence-corrected chi connectivity index (χ3v) is 4.76. The molecule has 29 heavy (non-hydrogen) atoms. The maximum atomic E-state index is 12.7. The Morgan fingerprint density at radius 1 is 0.897 bits per heavy atom. The van der Waals surface area contributed by atoms with Gasteiger partial charge in [0.1, 0.15) is 5.75 Å². The number of aryl methyl sites for hydroxylation is 2. The van der Waals surface area contributed by atoms with Gasteiger partial charge in [0.15, 0.2) is 0 Å². The van der Waals surface area contributed by atoms with Crippen molar-refractivity contribution >= 4 is 11.6 Å². The van der Waals surface area contributed by atoms with Crippen LogP contribution in [0.3, 0.4) is 0 Å². The number of hydrogen-bond donors (Lipinski definition) is 1. The monoisotopic (exact) mass is 389 g/mol. The molecular weight excluding hydrogens is 362 g/mol. The van der Waals surface area contributed by atoms with Gasteiger partial charge < -0.3 is 14.8 Å². The largest absolute Gasteiger partial charge is 0.494 e. The van der Waals surface area contributed by atoms with E-state index in [-0.39, 0.29) is 5.91 Å². The Labute approximate surface area is 172 Å². The summed E-state index contributed by atoms with van der Waals surface area (Å²) in [5, 5.41) is 2.97. The molecule has 0 bridgehead atoms. The summed E-state index contributed by atoms with van der Waals surface area (Å²) < 4.78 is 11.6. The Morgan fingerprint density at radius 2 is 1.69 bits per heavy atom. The van der Waals surface area contributed by atoms with Crippen molar-refractivity contribution in [3.05, 3.63) is 94.5 Å². The standard InChI is InChI=1S/C25H27NO3/c1-4-29-24-13-11-21(25(27)26-23-12-10-18(2)19(3)14-23)15-22(24)17-28-16-20-8-6-5-7-9-20/h5-15H,4,16-17H2,1-3H3,(H,26,27). The molecule has 0 aliphatic heterocycles. The molecule has 4 heteroatoms. The van der Waals surface area contributed by atoms with Crippen LogP contribution in [0.25, 0.3) is 0 Å². The minimum absolute atomic E-state index is 0.152. The first kappa shape index (κ1) is 20.6. The summed E-state index contributed by atoms with van der Waals surface area (Å²) in [6.45, 7) is 7.45. The van der Waals surface area contributed by atoms with E-state index in [4.69, 9.17) is 9.47 Å². The molecule has 0 radical (unpaired) electrons. The molecule has 0 aromatic heterocycles. The molecule has 0 fully saturated rings. The molecule has 1 amide bonds. The molecule has 0 saturated heterocycles. The lowest BCUT2D eigenvalue weighted by molar-refractivity contribution is 0.101. The number of rotatable bonds is 8. The third kappa shape index (κ3) is 5.69. The molecule has 3 rings (SSSR count). The van der Waals surface area contributed by atoms with Crippen molar-refractivity contribution in [1.29, 1.82) is 0 Å². The van der Waals surface area contributed by atoms with Crippen molar-refractivity contribution in [2.45, 2.75) is 34.0 Å². The van der Waals surface area contributed by atoms with E-state index in [0.717, 1.165) is 28.1 Å². The van der Waals surface area contributed by atoms with Gasteiger partial charge in [-0.1, -0.05) is 36.4 Å². The van der Waals surface area contributed by atoms with Crippen molar-refractivity contribution in [2.75, 3.05) is 11.9 Å². The van der Waals surface area contributed by atoms with Crippen LogP contribution in [0.4, 0.5) is 5.69 Å². The zero-order valence-electron chi connectivity index (χ0n) is 17.2. The smallest absolute Gasteiger partial charge is 0.255 e. The molecule has 150 valence electrons. The van der Waals surface area contributed by atoms with E-state index in [9.17, 15) is 4.79 Å². The lowest BCUT2D eigenvalue weighted by Crippen LogP contribution is -2.13. The fourth-order valence-electron chi connectivity index (χ4n) is 3.01. The van der Waals surface area contributed by atoms with Gasteiger partial charge in [0.25, 0.3) is 5.91 Å². The van der Waals surface area contributed by atoms with Gasteiger partial charge in [0.05, 0.1) is 19.8 Å². The van der Waals surface area contributed by atoms with Gasteiger partial charge in [0.2, 0.25) is 0 Å². The number of carbonyl (C=O) groups excluding carboxylic acids is 1. The van der Waals surface area contributed by atoms with Crippen molar-refractivity contribution in [3.8, 4) is 5.75 Å². The number of amides is 1. The van der Waals surface area contributed by atoms with E-state index in [1.807, 2.05) is 74.5 Å². The third-order valence-electron chi connectivity index (χ3n) is 4.76. The van der Waals surface area contributed by atoms with Crippen LogP contribution in [-0.4, -0.2) is 12.5 Å². The van der Waals surface area contributed by atoms with Crippen LogP contribution in [0.5, 0.6) is 5.75 Å². The van der Waals surface area contributed by atoms with E-state index in [1.54, 1.807) is 6.07 Å². The first-order chi connectivity index (χ1) is 14.1. The van der Waals surface area contributed by atoms with Crippen molar-refractivity contribution in [1.82, 2.24) is 0 Å². The van der Waals surface area contributed by atoms with Crippen molar-refractivity contribution in [3.63, 3.8) is 0 Å². The molecule has 3 aromatic rings. The molecule has 0 atom stereocenters. The Morgan fingerprint density at radius 3 is 2.41 bits per heavy atom. The molecule has 0 unspecified atom stereocenters. The highest BCUT2D eigenvalue weighted by Crippen LogP contribution is 2.23. The topological polar surface area (TPSA) is 47.6 Å². The number of hydrogen-bond acceptors (Lipinski definition) is 3. The summed E-state index contributed by atoms with van der Waals surface area (Å²) in [7, 11) is 0. The fraction of sp³-hybridized carbons (Fsp3) is 0.240. The Kier molecular flexibility index (Phi) is 7.04. The number of nitrogens with one attached hydrogen (secondary N) is 1. The first-order valence-corrected chi connectivity index (χ1v) is 9.83. The van der Waals surface area contributed by atoms with E-state index >= 15 is 0 Å². The van der Waals surface area contributed by atoms with E-state index in [0.29, 0.717) is 25.4 Å². The summed E-state index contributed by atoms with van der Waals surface area (Å²) >= 11 is 0. The average Bonchev–Trinajstić information content (AvgIpc) is 2.73. The molecule has 0 spiro atoms. The quantitative estimate of drug-likeness (QED) is 0.540. The number of benzene rings is 3. The summed E-state index contributed by atoms with van der Waals surface area (Å²) in [5.41, 5.74) is 5.66. The minimum atomic E-state index is -0.152. The number of anilines is 1. The van der Waals surface area contributed by atoms with Crippen LogP contribution < -0.4 is 10.1 Å². The molecular formula is C25H27NO3. The van der Waals surface area contributed by atoms with Crippen LogP contribution in [0.15, 0.2) is 66.7 Å². The van der Waals surface area contributed by atoms with Crippen molar-refractivity contribution in [2.24, 2.45) is 0 Å². The highest BCUT2D eigenvalue weighted by Gasteiger charge is 2.12. The highest BCUT2D eigenvalue weighted by molar-refractivity contribution is 6.04. The molecule has 3 aromatic carbocycles. The summed E-state index contributed by atoms with van der Waals surface area (Å²) in [6.07, 6.45) is 0. The maximum absolute atomic E-state index is 12.7. The van der Waals surface area contributed by atoms with Gasteiger partial charge in [-0.05, 0) is 67.8 Å². The summed E-state index contributed by atoms with van der Waals surface area (Å²) in [5.74, 6) is 0.587. The van der Waals surface area contributed by atoms with E-state index in [2.05, 4.69) is 12.2 Å². The predicted molar refractivity (Wildman–Crippen MR) is 116 cm³/mol. The Balaban J connectivity index is 1.72. The van der Waals surface area contributed by atoms with Gasteiger partial charge in [0, 0.05) is 16.8 Å². The second kappa shape index (κ2) is 9.89. The summed E-state index contributed by atoms with van der Waals surface area (Å²) in [4.78, 5) is 12.7. The molecule has 0 heterocycles.